The largest absolute Gasteiger partial charge is 0.493 e. The van der Waals surface area contributed by atoms with E-state index in [2.05, 4.69) is 5.32 Å². The first-order chi connectivity index (χ1) is 6.83. The predicted molar refractivity (Wildman–Crippen MR) is 55.7 cm³/mol. The van der Waals surface area contributed by atoms with Crippen LogP contribution in [0, 0.1) is 0 Å². The van der Waals surface area contributed by atoms with Gasteiger partial charge in [0.2, 0.25) is 0 Å². The lowest BCUT2D eigenvalue weighted by Crippen LogP contribution is -2.17. The minimum absolute atomic E-state index is 0.394. The normalized spacial score (nSPS) is 19.7. The van der Waals surface area contributed by atoms with E-state index >= 15 is 0 Å². The second kappa shape index (κ2) is 3.88. The fourth-order valence-corrected chi connectivity index (χ4v) is 1.81. The molecule has 1 aromatic carbocycles. The molecule has 1 atom stereocenters. The number of fused-ring (bicyclic) bond motifs is 1. The van der Waals surface area contributed by atoms with E-state index in [-0.39, 0.29) is 0 Å². The molecule has 76 valence electrons. The number of nitrogens with one attached hydrogen (secondary N) is 1. The number of aliphatic hydroxyl groups excluding tert-OH is 1. The Morgan fingerprint density at radius 1 is 1.57 bits per heavy atom. The van der Waals surface area contributed by atoms with Crippen LogP contribution in [0.4, 0.5) is 5.69 Å². The minimum Gasteiger partial charge on any atom is -0.493 e. The van der Waals surface area contributed by atoms with Crippen molar-refractivity contribution in [2.45, 2.75) is 19.4 Å². The summed E-state index contributed by atoms with van der Waals surface area (Å²) in [5, 5.41) is 13.1. The third-order valence-corrected chi connectivity index (χ3v) is 2.43. The average molecular weight is 193 g/mol. The Morgan fingerprint density at radius 3 is 3.21 bits per heavy atom. The standard InChI is InChI=1S/C11H15NO2/c1-2-14-10-5-3-4-8-11(10)9(13)6-7-12-8/h3-5,9,12-13H,2,6-7H2,1H3. The molecule has 1 aromatic rings. The van der Waals surface area contributed by atoms with Crippen LogP contribution >= 0.6 is 0 Å². The fourth-order valence-electron chi connectivity index (χ4n) is 1.81. The maximum absolute atomic E-state index is 9.85. The molecule has 0 saturated carbocycles. The van der Waals surface area contributed by atoms with Crippen LogP contribution in [-0.4, -0.2) is 18.3 Å². The van der Waals surface area contributed by atoms with E-state index in [1.165, 1.54) is 0 Å². The highest BCUT2D eigenvalue weighted by molar-refractivity contribution is 5.60. The first-order valence-corrected chi connectivity index (χ1v) is 5.00. The number of hydrogen-bond acceptors (Lipinski definition) is 3. The van der Waals surface area contributed by atoms with E-state index in [9.17, 15) is 5.11 Å². The van der Waals surface area contributed by atoms with Crippen molar-refractivity contribution in [2.24, 2.45) is 0 Å². The lowest BCUT2D eigenvalue weighted by molar-refractivity contribution is 0.162. The Morgan fingerprint density at radius 2 is 2.43 bits per heavy atom. The van der Waals surface area contributed by atoms with Gasteiger partial charge in [-0.1, -0.05) is 6.07 Å². The molecule has 0 fully saturated rings. The van der Waals surface area contributed by atoms with Crippen molar-refractivity contribution in [3.63, 3.8) is 0 Å². The molecule has 0 spiro atoms. The van der Waals surface area contributed by atoms with E-state index < -0.39 is 6.10 Å². The second-order valence-corrected chi connectivity index (χ2v) is 3.38. The Bertz CT molecular complexity index is 325. The summed E-state index contributed by atoms with van der Waals surface area (Å²) in [5.74, 6) is 0.796. The van der Waals surface area contributed by atoms with Crippen molar-refractivity contribution in [1.29, 1.82) is 0 Å². The second-order valence-electron chi connectivity index (χ2n) is 3.38. The van der Waals surface area contributed by atoms with Crippen LogP contribution in [0.5, 0.6) is 5.75 Å². The molecule has 2 N–H and O–H groups in total. The van der Waals surface area contributed by atoms with Crippen molar-refractivity contribution in [2.75, 3.05) is 18.5 Å². The zero-order valence-electron chi connectivity index (χ0n) is 8.29. The lowest BCUT2D eigenvalue weighted by Gasteiger charge is -2.25. The van der Waals surface area contributed by atoms with Crippen LogP contribution < -0.4 is 10.1 Å². The molecule has 0 aromatic heterocycles. The van der Waals surface area contributed by atoms with Gasteiger partial charge in [0, 0.05) is 17.8 Å². The first-order valence-electron chi connectivity index (χ1n) is 5.00. The average Bonchev–Trinajstić information content (AvgIpc) is 2.19. The molecule has 3 nitrogen and oxygen atoms in total. The highest BCUT2D eigenvalue weighted by Gasteiger charge is 2.21. The van der Waals surface area contributed by atoms with Gasteiger partial charge in [-0.25, -0.2) is 0 Å². The minimum atomic E-state index is -0.394. The number of benzene rings is 1. The molecule has 14 heavy (non-hydrogen) atoms. The Balaban J connectivity index is 2.41. The summed E-state index contributed by atoms with van der Waals surface area (Å²) in [7, 11) is 0. The number of rotatable bonds is 2. The van der Waals surface area contributed by atoms with Gasteiger partial charge >= 0.3 is 0 Å². The van der Waals surface area contributed by atoms with E-state index in [1.54, 1.807) is 0 Å². The molecule has 3 heteroatoms. The highest BCUT2D eigenvalue weighted by atomic mass is 16.5. The van der Waals surface area contributed by atoms with Gasteiger partial charge in [-0.15, -0.1) is 0 Å². The SMILES string of the molecule is CCOc1cccc2c1C(O)CCN2. The van der Waals surface area contributed by atoms with Gasteiger partial charge < -0.3 is 15.2 Å². The molecule has 0 amide bonds. The molecule has 1 aliphatic heterocycles. The van der Waals surface area contributed by atoms with Gasteiger partial charge in [-0.3, -0.25) is 0 Å². The summed E-state index contributed by atoms with van der Waals surface area (Å²) < 4.78 is 5.47. The van der Waals surface area contributed by atoms with Crippen LogP contribution in [0.1, 0.15) is 25.0 Å². The molecular formula is C11H15NO2. The van der Waals surface area contributed by atoms with Crippen LogP contribution in [0.25, 0.3) is 0 Å². The summed E-state index contributed by atoms with van der Waals surface area (Å²) in [6.07, 6.45) is 0.353. The van der Waals surface area contributed by atoms with E-state index in [0.717, 1.165) is 30.0 Å². The molecule has 1 heterocycles. The van der Waals surface area contributed by atoms with Gasteiger partial charge in [0.25, 0.3) is 0 Å². The summed E-state index contributed by atoms with van der Waals surface area (Å²) in [6, 6.07) is 5.81. The van der Waals surface area contributed by atoms with Gasteiger partial charge in [-0.05, 0) is 25.5 Å². The predicted octanol–water partition coefficient (Wildman–Crippen LogP) is 1.93. The zero-order valence-corrected chi connectivity index (χ0v) is 8.29. The molecule has 1 aliphatic rings. The third-order valence-electron chi connectivity index (χ3n) is 2.43. The molecule has 0 saturated heterocycles. The number of ether oxygens (including phenoxy) is 1. The summed E-state index contributed by atoms with van der Waals surface area (Å²) in [6.45, 7) is 3.40. The van der Waals surface area contributed by atoms with Crippen molar-refractivity contribution < 1.29 is 9.84 Å². The topological polar surface area (TPSA) is 41.5 Å². The summed E-state index contributed by atoms with van der Waals surface area (Å²) in [5.41, 5.74) is 1.90. The van der Waals surface area contributed by atoms with Crippen molar-refractivity contribution in [3.8, 4) is 5.75 Å². The molecule has 0 radical (unpaired) electrons. The molecule has 1 unspecified atom stereocenters. The lowest BCUT2D eigenvalue weighted by atomic mass is 9.99. The van der Waals surface area contributed by atoms with Crippen LogP contribution in [0.2, 0.25) is 0 Å². The van der Waals surface area contributed by atoms with Gasteiger partial charge in [0.05, 0.1) is 12.7 Å². The van der Waals surface area contributed by atoms with Crippen molar-refractivity contribution >= 4 is 5.69 Å². The van der Waals surface area contributed by atoms with E-state index in [4.69, 9.17) is 4.74 Å². The van der Waals surface area contributed by atoms with Crippen LogP contribution in [0.15, 0.2) is 18.2 Å². The van der Waals surface area contributed by atoms with Gasteiger partial charge in [0.15, 0.2) is 0 Å². The molecule has 0 aliphatic carbocycles. The Labute approximate surface area is 83.7 Å². The van der Waals surface area contributed by atoms with E-state index in [0.29, 0.717) is 6.61 Å². The number of aliphatic hydroxyl groups is 1. The summed E-state index contributed by atoms with van der Waals surface area (Å²) in [4.78, 5) is 0. The number of hydrogen-bond donors (Lipinski definition) is 2. The molecule has 0 bridgehead atoms. The smallest absolute Gasteiger partial charge is 0.127 e. The molecule has 2 rings (SSSR count). The maximum atomic E-state index is 9.85. The fraction of sp³-hybridized carbons (Fsp3) is 0.455. The highest BCUT2D eigenvalue weighted by Crippen LogP contribution is 2.36. The van der Waals surface area contributed by atoms with Gasteiger partial charge in [-0.2, -0.15) is 0 Å². The first kappa shape index (κ1) is 9.34. The van der Waals surface area contributed by atoms with E-state index in [1.807, 2.05) is 25.1 Å². The Kier molecular flexibility index (Phi) is 2.59. The molecular weight excluding hydrogens is 178 g/mol. The maximum Gasteiger partial charge on any atom is 0.127 e. The number of anilines is 1. The van der Waals surface area contributed by atoms with Crippen LogP contribution in [0.3, 0.4) is 0 Å². The van der Waals surface area contributed by atoms with Gasteiger partial charge in [0.1, 0.15) is 5.75 Å². The Hall–Kier alpha value is -1.22. The van der Waals surface area contributed by atoms with Crippen molar-refractivity contribution in [3.05, 3.63) is 23.8 Å². The quantitative estimate of drug-likeness (QED) is 0.754. The van der Waals surface area contributed by atoms with Crippen LogP contribution in [-0.2, 0) is 0 Å². The monoisotopic (exact) mass is 193 g/mol. The zero-order chi connectivity index (χ0) is 9.97. The van der Waals surface area contributed by atoms with Crippen molar-refractivity contribution in [1.82, 2.24) is 0 Å². The summed E-state index contributed by atoms with van der Waals surface area (Å²) >= 11 is 0. The third kappa shape index (κ3) is 1.55.